The van der Waals surface area contributed by atoms with Gasteiger partial charge in [-0.1, -0.05) is 60.7 Å². The van der Waals surface area contributed by atoms with Crippen molar-refractivity contribution in [3.05, 3.63) is 96.7 Å². The van der Waals surface area contributed by atoms with E-state index >= 15 is 0 Å². The molecule has 4 rings (SSSR count). The van der Waals surface area contributed by atoms with E-state index in [1.54, 1.807) is 0 Å². The highest BCUT2D eigenvalue weighted by Crippen LogP contribution is 2.29. The second-order valence-corrected chi connectivity index (χ2v) is 6.67. The molecule has 3 aromatic carbocycles. The number of Topliss-reactive ketones (excluding diaryl/α,β-unsaturated/α-hetero) is 1. The summed E-state index contributed by atoms with van der Waals surface area (Å²) in [6, 6.07) is 27.7. The van der Waals surface area contributed by atoms with Gasteiger partial charge in [-0.2, -0.15) is 4.57 Å². The zero-order chi connectivity index (χ0) is 17.9. The van der Waals surface area contributed by atoms with Crippen molar-refractivity contribution in [2.45, 2.75) is 11.4 Å². The standard InChI is InChI=1S/C23H17NOS/c25-21(18-9-2-1-3-10-18)16-24-15-14-17-8-4-5-11-19(17)23(24)20-12-6-7-13-22(20)26/h1-15H,16H2/p+1. The van der Waals surface area contributed by atoms with Gasteiger partial charge in [-0.15, -0.1) is 12.6 Å². The van der Waals surface area contributed by atoms with Gasteiger partial charge in [0, 0.05) is 16.5 Å². The van der Waals surface area contributed by atoms with Crippen molar-refractivity contribution in [3.8, 4) is 11.3 Å². The van der Waals surface area contributed by atoms with Crippen LogP contribution in [0.4, 0.5) is 0 Å². The highest BCUT2D eigenvalue weighted by atomic mass is 32.1. The van der Waals surface area contributed by atoms with Gasteiger partial charge in [-0.25, -0.2) is 0 Å². The summed E-state index contributed by atoms with van der Waals surface area (Å²) in [4.78, 5) is 13.7. The van der Waals surface area contributed by atoms with E-state index in [0.717, 1.165) is 32.5 Å². The number of carbonyl (C=O) groups is 1. The third-order valence-corrected chi connectivity index (χ3v) is 4.90. The Kier molecular flexibility index (Phi) is 4.55. The normalized spacial score (nSPS) is 10.8. The van der Waals surface area contributed by atoms with Crippen LogP contribution in [-0.4, -0.2) is 5.78 Å². The van der Waals surface area contributed by atoms with Crippen molar-refractivity contribution in [2.75, 3.05) is 0 Å². The van der Waals surface area contributed by atoms with E-state index in [-0.39, 0.29) is 12.3 Å². The third kappa shape index (κ3) is 3.14. The first-order chi connectivity index (χ1) is 12.7. The Morgan fingerprint density at radius 1 is 0.808 bits per heavy atom. The molecule has 0 saturated carbocycles. The van der Waals surface area contributed by atoms with Gasteiger partial charge in [-0.05, 0) is 23.6 Å². The lowest BCUT2D eigenvalue weighted by Crippen LogP contribution is -2.40. The predicted octanol–water partition coefficient (Wildman–Crippen LogP) is 4.97. The molecule has 0 saturated heterocycles. The summed E-state index contributed by atoms with van der Waals surface area (Å²) in [5, 5.41) is 2.25. The maximum atomic E-state index is 12.8. The number of aromatic nitrogens is 1. The fraction of sp³-hybridized carbons (Fsp3) is 0.0435. The second kappa shape index (κ2) is 7.14. The number of fused-ring (bicyclic) bond motifs is 1. The van der Waals surface area contributed by atoms with Crippen LogP contribution in [-0.2, 0) is 6.54 Å². The molecule has 0 amide bonds. The van der Waals surface area contributed by atoms with Gasteiger partial charge in [-0.3, -0.25) is 4.79 Å². The predicted molar refractivity (Wildman–Crippen MR) is 108 cm³/mol. The quantitative estimate of drug-likeness (QED) is 0.311. The minimum absolute atomic E-state index is 0.0868. The Morgan fingerprint density at radius 2 is 1.50 bits per heavy atom. The van der Waals surface area contributed by atoms with Crippen molar-refractivity contribution in [1.82, 2.24) is 0 Å². The van der Waals surface area contributed by atoms with Gasteiger partial charge in [0.2, 0.25) is 18.0 Å². The lowest BCUT2D eigenvalue weighted by atomic mass is 10.0. The first-order valence-electron chi connectivity index (χ1n) is 8.52. The van der Waals surface area contributed by atoms with Crippen molar-refractivity contribution in [1.29, 1.82) is 0 Å². The van der Waals surface area contributed by atoms with Crippen LogP contribution in [0.15, 0.2) is 96.0 Å². The maximum absolute atomic E-state index is 12.8. The highest BCUT2D eigenvalue weighted by molar-refractivity contribution is 7.80. The van der Waals surface area contributed by atoms with Crippen LogP contribution < -0.4 is 4.57 Å². The number of hydrogen-bond acceptors (Lipinski definition) is 2. The molecule has 0 N–H and O–H groups in total. The SMILES string of the molecule is O=C(C[n+]1ccc2ccccc2c1-c1ccccc1S)c1ccccc1. The average molecular weight is 356 g/mol. The fourth-order valence-corrected chi connectivity index (χ4v) is 3.50. The number of nitrogens with zero attached hydrogens (tertiary/aromatic N) is 1. The van der Waals surface area contributed by atoms with E-state index in [0.29, 0.717) is 0 Å². The van der Waals surface area contributed by atoms with Gasteiger partial charge in [0.1, 0.15) is 0 Å². The van der Waals surface area contributed by atoms with E-state index in [1.165, 1.54) is 0 Å². The Hall–Kier alpha value is -2.91. The van der Waals surface area contributed by atoms with Crippen molar-refractivity contribution in [2.24, 2.45) is 0 Å². The molecular weight excluding hydrogens is 338 g/mol. The monoisotopic (exact) mass is 356 g/mol. The van der Waals surface area contributed by atoms with Crippen LogP contribution in [0.1, 0.15) is 10.4 Å². The maximum Gasteiger partial charge on any atom is 0.227 e. The smallest absolute Gasteiger partial charge is 0.227 e. The van der Waals surface area contributed by atoms with Crippen molar-refractivity contribution >= 4 is 29.2 Å². The number of benzene rings is 3. The highest BCUT2D eigenvalue weighted by Gasteiger charge is 2.22. The van der Waals surface area contributed by atoms with E-state index in [9.17, 15) is 4.79 Å². The summed E-state index contributed by atoms with van der Waals surface area (Å²) < 4.78 is 2.02. The van der Waals surface area contributed by atoms with E-state index in [1.807, 2.05) is 77.5 Å². The molecule has 126 valence electrons. The molecule has 0 atom stereocenters. The number of thiol groups is 1. The lowest BCUT2D eigenvalue weighted by Gasteiger charge is -2.09. The van der Waals surface area contributed by atoms with E-state index in [4.69, 9.17) is 0 Å². The van der Waals surface area contributed by atoms with Crippen molar-refractivity contribution < 1.29 is 9.36 Å². The summed E-state index contributed by atoms with van der Waals surface area (Å²) in [5.41, 5.74) is 2.75. The van der Waals surface area contributed by atoms with Crippen LogP contribution >= 0.6 is 12.6 Å². The Morgan fingerprint density at radius 3 is 2.31 bits per heavy atom. The van der Waals surface area contributed by atoms with Crippen LogP contribution in [0.5, 0.6) is 0 Å². The lowest BCUT2D eigenvalue weighted by molar-refractivity contribution is -0.671. The van der Waals surface area contributed by atoms with Gasteiger partial charge < -0.3 is 0 Å². The zero-order valence-corrected chi connectivity index (χ0v) is 15.1. The molecule has 2 nitrogen and oxygen atoms in total. The van der Waals surface area contributed by atoms with Gasteiger partial charge in [0.15, 0.2) is 6.20 Å². The van der Waals surface area contributed by atoms with Crippen LogP contribution in [0, 0.1) is 0 Å². The Balaban J connectivity index is 1.89. The summed E-state index contributed by atoms with van der Waals surface area (Å²) in [6.07, 6.45) is 1.98. The van der Waals surface area contributed by atoms with Gasteiger partial charge >= 0.3 is 0 Å². The molecule has 4 aromatic rings. The zero-order valence-electron chi connectivity index (χ0n) is 14.2. The molecule has 1 heterocycles. The summed E-state index contributed by atoms with van der Waals surface area (Å²) in [7, 11) is 0. The molecule has 0 aliphatic carbocycles. The van der Waals surface area contributed by atoms with Crippen LogP contribution in [0.25, 0.3) is 22.0 Å². The Labute approximate surface area is 158 Å². The third-order valence-electron chi connectivity index (χ3n) is 4.51. The number of pyridine rings is 1. The first-order valence-corrected chi connectivity index (χ1v) is 8.96. The fourth-order valence-electron chi connectivity index (χ4n) is 3.23. The number of hydrogen-bond donors (Lipinski definition) is 1. The van der Waals surface area contributed by atoms with E-state index in [2.05, 4.69) is 30.8 Å². The van der Waals surface area contributed by atoms with Gasteiger partial charge in [0.25, 0.3) is 0 Å². The van der Waals surface area contributed by atoms with Crippen LogP contribution in [0.2, 0.25) is 0 Å². The van der Waals surface area contributed by atoms with Crippen molar-refractivity contribution in [3.63, 3.8) is 0 Å². The van der Waals surface area contributed by atoms with Crippen LogP contribution in [0.3, 0.4) is 0 Å². The summed E-state index contributed by atoms with van der Waals surface area (Å²) >= 11 is 4.64. The number of ketones is 1. The minimum atomic E-state index is 0.0868. The minimum Gasteiger partial charge on any atom is -0.287 e. The first kappa shape index (κ1) is 16.6. The molecule has 0 unspecified atom stereocenters. The molecule has 1 aromatic heterocycles. The molecule has 26 heavy (non-hydrogen) atoms. The molecule has 0 aliphatic rings. The number of carbonyl (C=O) groups excluding carboxylic acids is 1. The number of rotatable bonds is 4. The molecule has 0 aliphatic heterocycles. The molecule has 0 radical (unpaired) electrons. The summed E-state index contributed by atoms with van der Waals surface area (Å²) in [6.45, 7) is 0.284. The molecule has 0 fully saturated rings. The largest absolute Gasteiger partial charge is 0.287 e. The summed E-state index contributed by atoms with van der Waals surface area (Å²) in [5.74, 6) is 0.0868. The molecule has 0 bridgehead atoms. The average Bonchev–Trinajstić information content (AvgIpc) is 2.69. The molecule has 0 spiro atoms. The van der Waals surface area contributed by atoms with E-state index < -0.39 is 0 Å². The molecular formula is C23H18NOS+. The Bertz CT molecular complexity index is 1090. The topological polar surface area (TPSA) is 20.9 Å². The van der Waals surface area contributed by atoms with Gasteiger partial charge in [0.05, 0.1) is 10.9 Å². The second-order valence-electron chi connectivity index (χ2n) is 6.19. The molecule has 3 heteroatoms.